The van der Waals surface area contributed by atoms with E-state index in [1.165, 1.54) is 40.4 Å². The number of nitrogens with one attached hydrogen (secondary N) is 1. The number of halogens is 1. The molecule has 0 fully saturated rings. The Morgan fingerprint density at radius 1 is 1.25 bits per heavy atom. The Bertz CT molecular complexity index is 347. The van der Waals surface area contributed by atoms with Gasteiger partial charge in [0.1, 0.15) is 0 Å². The summed E-state index contributed by atoms with van der Waals surface area (Å²) in [5, 5.41) is 3.43. The molecule has 0 radical (unpaired) electrons. The number of rotatable bonds is 5. The summed E-state index contributed by atoms with van der Waals surface area (Å²) in [6, 6.07) is 5.02. The van der Waals surface area contributed by atoms with Crippen LogP contribution in [-0.4, -0.2) is 7.05 Å². The maximum absolute atomic E-state index is 3.58. The van der Waals surface area contributed by atoms with E-state index in [0.29, 0.717) is 6.04 Å². The van der Waals surface area contributed by atoms with E-state index in [9.17, 15) is 0 Å². The van der Waals surface area contributed by atoms with Gasteiger partial charge in [0.2, 0.25) is 0 Å². The van der Waals surface area contributed by atoms with Crippen LogP contribution in [0, 0.1) is 13.8 Å². The Kier molecular flexibility index (Phi) is 5.50. The van der Waals surface area contributed by atoms with Gasteiger partial charge in [-0.3, -0.25) is 0 Å². The number of unbranched alkanes of at least 4 members (excludes halogenated alkanes) is 1. The molecular formula is C14H22BrN. The van der Waals surface area contributed by atoms with E-state index in [1.54, 1.807) is 0 Å². The van der Waals surface area contributed by atoms with Gasteiger partial charge < -0.3 is 5.32 Å². The minimum Gasteiger partial charge on any atom is -0.313 e. The Morgan fingerprint density at radius 3 is 2.50 bits per heavy atom. The molecule has 0 saturated carbocycles. The summed E-state index contributed by atoms with van der Waals surface area (Å²) in [5.41, 5.74) is 4.13. The second-order valence-electron chi connectivity index (χ2n) is 4.44. The monoisotopic (exact) mass is 283 g/mol. The van der Waals surface area contributed by atoms with E-state index < -0.39 is 0 Å². The Balaban J connectivity index is 2.95. The molecule has 1 nitrogen and oxygen atoms in total. The molecule has 1 N–H and O–H groups in total. The first-order chi connectivity index (χ1) is 7.60. The molecular weight excluding hydrogens is 262 g/mol. The van der Waals surface area contributed by atoms with Crippen LogP contribution in [0.5, 0.6) is 0 Å². The van der Waals surface area contributed by atoms with Crippen molar-refractivity contribution in [1.82, 2.24) is 5.32 Å². The van der Waals surface area contributed by atoms with E-state index in [2.05, 4.69) is 61.2 Å². The van der Waals surface area contributed by atoms with Crippen LogP contribution in [0.15, 0.2) is 16.6 Å². The third-order valence-electron chi connectivity index (χ3n) is 3.12. The fourth-order valence-electron chi connectivity index (χ4n) is 2.04. The predicted octanol–water partition coefficient (Wildman–Crippen LogP) is 4.52. The summed E-state index contributed by atoms with van der Waals surface area (Å²) < 4.78 is 1.21. The SMILES string of the molecule is CCCCC(NC)c1cc(C)c(Br)cc1C. The van der Waals surface area contributed by atoms with E-state index in [1.807, 2.05) is 0 Å². The van der Waals surface area contributed by atoms with Crippen molar-refractivity contribution in [3.05, 3.63) is 33.3 Å². The van der Waals surface area contributed by atoms with E-state index in [-0.39, 0.29) is 0 Å². The van der Waals surface area contributed by atoms with Crippen LogP contribution in [0.2, 0.25) is 0 Å². The van der Waals surface area contributed by atoms with Crippen molar-refractivity contribution < 1.29 is 0 Å². The second-order valence-corrected chi connectivity index (χ2v) is 5.30. The van der Waals surface area contributed by atoms with Gasteiger partial charge in [-0.15, -0.1) is 0 Å². The average Bonchev–Trinajstić information content (AvgIpc) is 2.26. The number of benzene rings is 1. The highest BCUT2D eigenvalue weighted by Crippen LogP contribution is 2.27. The van der Waals surface area contributed by atoms with Crippen molar-refractivity contribution in [3.8, 4) is 0 Å². The van der Waals surface area contributed by atoms with Crippen molar-refractivity contribution in [1.29, 1.82) is 0 Å². The first-order valence-electron chi connectivity index (χ1n) is 6.04. The van der Waals surface area contributed by atoms with Gasteiger partial charge in [-0.05, 0) is 50.1 Å². The van der Waals surface area contributed by atoms with E-state index in [0.717, 1.165) is 0 Å². The normalized spacial score (nSPS) is 12.8. The van der Waals surface area contributed by atoms with Crippen LogP contribution in [0.3, 0.4) is 0 Å². The molecule has 1 rings (SSSR count). The Morgan fingerprint density at radius 2 is 1.94 bits per heavy atom. The first kappa shape index (κ1) is 13.7. The summed E-state index contributed by atoms with van der Waals surface area (Å²) in [5.74, 6) is 0. The molecule has 1 unspecified atom stereocenters. The van der Waals surface area contributed by atoms with Crippen molar-refractivity contribution in [2.45, 2.75) is 46.1 Å². The lowest BCUT2D eigenvalue weighted by atomic mass is 9.95. The minimum atomic E-state index is 0.492. The highest BCUT2D eigenvalue weighted by molar-refractivity contribution is 9.10. The Labute approximate surface area is 108 Å². The molecule has 0 aliphatic carbocycles. The smallest absolute Gasteiger partial charge is 0.0320 e. The van der Waals surface area contributed by atoms with Gasteiger partial charge in [0.15, 0.2) is 0 Å². The summed E-state index contributed by atoms with van der Waals surface area (Å²) >= 11 is 3.58. The summed E-state index contributed by atoms with van der Waals surface area (Å²) in [6.07, 6.45) is 3.75. The molecule has 0 amide bonds. The van der Waals surface area contributed by atoms with Gasteiger partial charge in [0.05, 0.1) is 0 Å². The molecule has 1 atom stereocenters. The first-order valence-corrected chi connectivity index (χ1v) is 6.83. The highest BCUT2D eigenvalue weighted by Gasteiger charge is 2.12. The molecule has 1 aromatic carbocycles. The summed E-state index contributed by atoms with van der Waals surface area (Å²) in [6.45, 7) is 6.59. The van der Waals surface area contributed by atoms with Crippen LogP contribution in [0.4, 0.5) is 0 Å². The quantitative estimate of drug-likeness (QED) is 0.838. The third-order valence-corrected chi connectivity index (χ3v) is 3.97. The highest BCUT2D eigenvalue weighted by atomic mass is 79.9. The zero-order valence-electron chi connectivity index (χ0n) is 10.7. The molecule has 90 valence electrons. The molecule has 0 aliphatic heterocycles. The van der Waals surface area contributed by atoms with Crippen molar-refractivity contribution >= 4 is 15.9 Å². The van der Waals surface area contributed by atoms with Gasteiger partial charge in [-0.25, -0.2) is 0 Å². The zero-order chi connectivity index (χ0) is 12.1. The molecule has 0 saturated heterocycles. The van der Waals surface area contributed by atoms with Crippen molar-refractivity contribution in [3.63, 3.8) is 0 Å². The van der Waals surface area contributed by atoms with Gasteiger partial charge in [-0.1, -0.05) is 41.8 Å². The minimum absolute atomic E-state index is 0.492. The standard InChI is InChI=1S/C14H22BrN/c1-5-6-7-14(16-4)12-8-11(3)13(15)9-10(12)2/h8-9,14,16H,5-7H2,1-4H3. The number of hydrogen-bond donors (Lipinski definition) is 1. The maximum Gasteiger partial charge on any atom is 0.0320 e. The molecule has 16 heavy (non-hydrogen) atoms. The zero-order valence-corrected chi connectivity index (χ0v) is 12.3. The predicted molar refractivity (Wildman–Crippen MR) is 74.9 cm³/mol. The van der Waals surface area contributed by atoms with Gasteiger partial charge >= 0.3 is 0 Å². The largest absolute Gasteiger partial charge is 0.313 e. The average molecular weight is 284 g/mol. The number of aryl methyl sites for hydroxylation is 2. The summed E-state index contributed by atoms with van der Waals surface area (Å²) in [7, 11) is 2.05. The fourth-order valence-corrected chi connectivity index (χ4v) is 2.50. The fraction of sp³-hybridized carbons (Fsp3) is 0.571. The second kappa shape index (κ2) is 6.41. The lowest BCUT2D eigenvalue weighted by Crippen LogP contribution is -2.17. The lowest BCUT2D eigenvalue weighted by molar-refractivity contribution is 0.520. The van der Waals surface area contributed by atoms with Crippen molar-refractivity contribution in [2.24, 2.45) is 0 Å². The summed E-state index contributed by atoms with van der Waals surface area (Å²) in [4.78, 5) is 0. The lowest BCUT2D eigenvalue weighted by Gasteiger charge is -2.20. The molecule has 0 aromatic heterocycles. The van der Waals surface area contributed by atoms with Crippen molar-refractivity contribution in [2.75, 3.05) is 7.05 Å². The molecule has 0 heterocycles. The third kappa shape index (κ3) is 3.33. The molecule has 0 spiro atoms. The maximum atomic E-state index is 3.58. The van der Waals surface area contributed by atoms with Crippen LogP contribution in [0.1, 0.15) is 48.9 Å². The van der Waals surface area contributed by atoms with Crippen LogP contribution >= 0.6 is 15.9 Å². The topological polar surface area (TPSA) is 12.0 Å². The van der Waals surface area contributed by atoms with Gasteiger partial charge in [0.25, 0.3) is 0 Å². The molecule has 2 heteroatoms. The van der Waals surface area contributed by atoms with Gasteiger partial charge in [0, 0.05) is 10.5 Å². The number of hydrogen-bond acceptors (Lipinski definition) is 1. The molecule has 0 bridgehead atoms. The van der Waals surface area contributed by atoms with E-state index >= 15 is 0 Å². The Hall–Kier alpha value is -0.340. The van der Waals surface area contributed by atoms with Crippen LogP contribution in [0.25, 0.3) is 0 Å². The van der Waals surface area contributed by atoms with E-state index in [4.69, 9.17) is 0 Å². The van der Waals surface area contributed by atoms with Gasteiger partial charge in [-0.2, -0.15) is 0 Å². The molecule has 0 aliphatic rings. The van der Waals surface area contributed by atoms with Crippen LogP contribution < -0.4 is 5.32 Å². The van der Waals surface area contributed by atoms with Crippen LogP contribution in [-0.2, 0) is 0 Å². The molecule has 1 aromatic rings.